The molecule has 0 saturated carbocycles. The van der Waals surface area contributed by atoms with Crippen LogP contribution in [0.1, 0.15) is 34.6 Å². The van der Waals surface area contributed by atoms with Crippen molar-refractivity contribution in [3.05, 3.63) is 64.4 Å². The highest BCUT2D eigenvalue weighted by atomic mass is 35.5. The van der Waals surface area contributed by atoms with Crippen molar-refractivity contribution in [2.24, 2.45) is 0 Å². The summed E-state index contributed by atoms with van der Waals surface area (Å²) in [6.45, 7) is 3.62. The third kappa shape index (κ3) is 4.07. The molecule has 0 aliphatic rings. The zero-order chi connectivity index (χ0) is 21.8. The lowest BCUT2D eigenvalue weighted by molar-refractivity contribution is 0.0939. The summed E-state index contributed by atoms with van der Waals surface area (Å²) >= 11 is 6.51. The highest BCUT2D eigenvalue weighted by Crippen LogP contribution is 2.39. The molecular formula is C22H24ClN3O4. The quantitative estimate of drug-likeness (QED) is 0.604. The summed E-state index contributed by atoms with van der Waals surface area (Å²) in [6, 6.07) is 12.7. The molecule has 0 radical (unpaired) electrons. The van der Waals surface area contributed by atoms with Crippen molar-refractivity contribution >= 4 is 17.5 Å². The van der Waals surface area contributed by atoms with Crippen LogP contribution >= 0.6 is 11.6 Å². The summed E-state index contributed by atoms with van der Waals surface area (Å²) in [5.41, 5.74) is 2.45. The van der Waals surface area contributed by atoms with Gasteiger partial charge in [0.2, 0.25) is 5.75 Å². The van der Waals surface area contributed by atoms with Crippen LogP contribution in [0.4, 0.5) is 0 Å². The van der Waals surface area contributed by atoms with Crippen molar-refractivity contribution in [2.45, 2.75) is 19.9 Å². The number of carbonyl (C=O) groups excluding carboxylic acids is 1. The molecule has 0 aliphatic heterocycles. The lowest BCUT2D eigenvalue weighted by atomic mass is 10.1. The Hall–Kier alpha value is -3.19. The number of amides is 1. The monoisotopic (exact) mass is 429 g/mol. The maximum absolute atomic E-state index is 13.0. The zero-order valence-electron chi connectivity index (χ0n) is 17.5. The number of benzene rings is 2. The molecule has 30 heavy (non-hydrogen) atoms. The number of aryl methyl sites for hydroxylation is 1. The number of nitrogens with one attached hydrogen (secondary N) is 1. The van der Waals surface area contributed by atoms with Crippen LogP contribution in [0.3, 0.4) is 0 Å². The molecule has 0 aliphatic carbocycles. The van der Waals surface area contributed by atoms with E-state index >= 15 is 0 Å². The molecule has 1 atom stereocenters. The second-order valence-corrected chi connectivity index (χ2v) is 7.01. The van der Waals surface area contributed by atoms with E-state index in [1.54, 1.807) is 45.1 Å². The number of hydrogen-bond donors (Lipinski definition) is 1. The van der Waals surface area contributed by atoms with Crippen LogP contribution in [-0.2, 0) is 0 Å². The molecule has 1 amide bonds. The normalized spacial score (nSPS) is 11.7. The van der Waals surface area contributed by atoms with Gasteiger partial charge in [-0.2, -0.15) is 5.10 Å². The first-order valence-corrected chi connectivity index (χ1v) is 9.70. The first kappa shape index (κ1) is 21.5. The number of rotatable bonds is 7. The van der Waals surface area contributed by atoms with Crippen LogP contribution in [0.15, 0.2) is 42.5 Å². The van der Waals surface area contributed by atoms with Crippen LogP contribution < -0.4 is 19.5 Å². The molecule has 0 unspecified atom stereocenters. The Morgan fingerprint density at radius 3 is 2.20 bits per heavy atom. The van der Waals surface area contributed by atoms with E-state index in [0.717, 1.165) is 11.3 Å². The zero-order valence-corrected chi connectivity index (χ0v) is 18.3. The highest BCUT2D eigenvalue weighted by Gasteiger charge is 2.24. The van der Waals surface area contributed by atoms with E-state index < -0.39 is 0 Å². The first-order chi connectivity index (χ1) is 14.4. The van der Waals surface area contributed by atoms with Gasteiger partial charge in [0.05, 0.1) is 44.3 Å². The summed E-state index contributed by atoms with van der Waals surface area (Å²) < 4.78 is 17.7. The second kappa shape index (κ2) is 9.09. The number of methoxy groups -OCH3 is 3. The van der Waals surface area contributed by atoms with Gasteiger partial charge < -0.3 is 19.5 Å². The highest BCUT2D eigenvalue weighted by molar-refractivity contribution is 6.33. The van der Waals surface area contributed by atoms with Crippen molar-refractivity contribution < 1.29 is 19.0 Å². The van der Waals surface area contributed by atoms with Gasteiger partial charge in [-0.1, -0.05) is 29.8 Å². The Labute approximate surface area is 180 Å². The molecule has 0 bridgehead atoms. The molecular weight excluding hydrogens is 406 g/mol. The predicted molar refractivity (Wildman–Crippen MR) is 115 cm³/mol. The van der Waals surface area contributed by atoms with Gasteiger partial charge in [0.1, 0.15) is 5.15 Å². The predicted octanol–water partition coefficient (Wildman–Crippen LogP) is 4.35. The molecule has 2 aromatic carbocycles. The molecule has 7 nitrogen and oxygen atoms in total. The second-order valence-electron chi connectivity index (χ2n) is 6.65. The third-order valence-corrected chi connectivity index (χ3v) is 5.12. The van der Waals surface area contributed by atoms with Crippen LogP contribution in [0.2, 0.25) is 5.15 Å². The number of halogens is 1. The van der Waals surface area contributed by atoms with Crippen LogP contribution in [0.5, 0.6) is 17.2 Å². The molecule has 3 rings (SSSR count). The number of nitrogens with zero attached hydrogens (tertiary/aromatic N) is 2. The molecule has 1 heterocycles. The Morgan fingerprint density at radius 2 is 1.67 bits per heavy atom. The molecule has 1 N–H and O–H groups in total. The minimum absolute atomic E-state index is 0.258. The Kier molecular flexibility index (Phi) is 6.52. The lowest BCUT2D eigenvalue weighted by Crippen LogP contribution is -2.27. The van der Waals surface area contributed by atoms with E-state index in [9.17, 15) is 4.79 Å². The fourth-order valence-electron chi connectivity index (χ4n) is 3.20. The van der Waals surface area contributed by atoms with E-state index in [1.165, 1.54) is 0 Å². The fraction of sp³-hybridized carbons (Fsp3) is 0.273. The topological polar surface area (TPSA) is 74.6 Å². The van der Waals surface area contributed by atoms with Gasteiger partial charge in [-0.15, -0.1) is 0 Å². The maximum atomic E-state index is 13.0. The van der Waals surface area contributed by atoms with Gasteiger partial charge in [0.15, 0.2) is 11.5 Å². The molecule has 8 heteroatoms. The van der Waals surface area contributed by atoms with E-state index in [1.807, 2.05) is 37.3 Å². The van der Waals surface area contributed by atoms with Gasteiger partial charge in [0.25, 0.3) is 5.91 Å². The molecule has 0 fully saturated rings. The number of para-hydroxylation sites is 1. The van der Waals surface area contributed by atoms with Crippen molar-refractivity contribution in [2.75, 3.05) is 21.3 Å². The van der Waals surface area contributed by atoms with Crippen molar-refractivity contribution in [1.82, 2.24) is 15.1 Å². The third-order valence-electron chi connectivity index (χ3n) is 4.77. The lowest BCUT2D eigenvalue weighted by Gasteiger charge is -2.19. The average molecular weight is 430 g/mol. The minimum Gasteiger partial charge on any atom is -0.493 e. The van der Waals surface area contributed by atoms with E-state index in [-0.39, 0.29) is 17.1 Å². The SMILES string of the molecule is COc1cc([C@H](C)NC(=O)c2c(C)nn(-c3ccccc3)c2Cl)cc(OC)c1OC. The van der Waals surface area contributed by atoms with Crippen molar-refractivity contribution in [3.8, 4) is 22.9 Å². The van der Waals surface area contributed by atoms with E-state index in [2.05, 4.69) is 10.4 Å². The van der Waals surface area contributed by atoms with Gasteiger partial charge >= 0.3 is 0 Å². The van der Waals surface area contributed by atoms with Crippen LogP contribution in [0.25, 0.3) is 5.69 Å². The fourth-order valence-corrected chi connectivity index (χ4v) is 3.56. The van der Waals surface area contributed by atoms with E-state index in [0.29, 0.717) is 28.5 Å². The smallest absolute Gasteiger partial charge is 0.256 e. The number of ether oxygens (including phenoxy) is 3. The minimum atomic E-state index is -0.346. The molecule has 158 valence electrons. The van der Waals surface area contributed by atoms with E-state index in [4.69, 9.17) is 25.8 Å². The largest absolute Gasteiger partial charge is 0.493 e. The summed E-state index contributed by atoms with van der Waals surface area (Å²) in [7, 11) is 4.64. The molecule has 0 spiro atoms. The molecule has 0 saturated heterocycles. The number of aromatic nitrogens is 2. The summed E-state index contributed by atoms with van der Waals surface area (Å²) in [4.78, 5) is 13.0. The standard InChI is InChI=1S/C22H24ClN3O4/c1-13(15-11-17(28-3)20(30-5)18(12-15)29-4)24-22(27)19-14(2)25-26(21(19)23)16-9-7-6-8-10-16/h6-13H,1-5H3,(H,24,27)/t13-/m0/s1. The van der Waals surface area contributed by atoms with Crippen molar-refractivity contribution in [1.29, 1.82) is 0 Å². The average Bonchev–Trinajstić information content (AvgIpc) is 3.06. The summed E-state index contributed by atoms with van der Waals surface area (Å²) in [5.74, 6) is 1.20. The molecule has 1 aromatic heterocycles. The van der Waals surface area contributed by atoms with Gasteiger partial charge in [-0.3, -0.25) is 4.79 Å². The summed E-state index contributed by atoms with van der Waals surface area (Å²) in [5, 5.41) is 7.65. The van der Waals surface area contributed by atoms with Crippen molar-refractivity contribution in [3.63, 3.8) is 0 Å². The number of carbonyl (C=O) groups is 1. The van der Waals surface area contributed by atoms with Gasteiger partial charge in [0, 0.05) is 0 Å². The molecule has 3 aromatic rings. The Morgan fingerprint density at radius 1 is 1.07 bits per heavy atom. The number of hydrogen-bond acceptors (Lipinski definition) is 5. The Balaban J connectivity index is 1.89. The van der Waals surface area contributed by atoms with Gasteiger partial charge in [-0.25, -0.2) is 4.68 Å². The maximum Gasteiger partial charge on any atom is 0.256 e. The summed E-state index contributed by atoms with van der Waals surface area (Å²) in [6.07, 6.45) is 0. The van der Waals surface area contributed by atoms with Crippen LogP contribution in [-0.4, -0.2) is 37.0 Å². The first-order valence-electron chi connectivity index (χ1n) is 9.32. The van der Waals surface area contributed by atoms with Crippen LogP contribution in [0, 0.1) is 6.92 Å². The van der Waals surface area contributed by atoms with Gasteiger partial charge in [-0.05, 0) is 43.7 Å². The Bertz CT molecular complexity index is 1030.